The van der Waals surface area contributed by atoms with E-state index in [1.54, 1.807) is 6.20 Å². The molecule has 1 aliphatic rings. The number of carbonyl (C=O) groups is 2. The van der Waals surface area contributed by atoms with Crippen molar-refractivity contribution in [3.63, 3.8) is 0 Å². The van der Waals surface area contributed by atoms with Gasteiger partial charge >= 0.3 is 5.97 Å². The monoisotopic (exact) mass is 320 g/mol. The van der Waals surface area contributed by atoms with E-state index in [2.05, 4.69) is 15.2 Å². The molecule has 23 heavy (non-hydrogen) atoms. The summed E-state index contributed by atoms with van der Waals surface area (Å²) in [4.78, 5) is 31.6. The average Bonchev–Trinajstić information content (AvgIpc) is 2.56. The summed E-state index contributed by atoms with van der Waals surface area (Å²) in [5.74, 6) is -0.247. The molecule has 7 nitrogen and oxygen atoms in total. The van der Waals surface area contributed by atoms with Crippen molar-refractivity contribution < 1.29 is 14.7 Å². The summed E-state index contributed by atoms with van der Waals surface area (Å²) in [6.07, 6.45) is 2.95. The van der Waals surface area contributed by atoms with Crippen LogP contribution in [0.2, 0.25) is 0 Å². The highest BCUT2D eigenvalue weighted by molar-refractivity contribution is 5.84. The number of hydrogen-bond acceptors (Lipinski definition) is 5. The zero-order valence-electron chi connectivity index (χ0n) is 13.4. The van der Waals surface area contributed by atoms with Crippen molar-refractivity contribution in [3.05, 3.63) is 24.4 Å². The summed E-state index contributed by atoms with van der Waals surface area (Å²) in [6, 6.07) is 5.04. The van der Waals surface area contributed by atoms with Gasteiger partial charge in [0.05, 0.1) is 6.54 Å². The van der Waals surface area contributed by atoms with Crippen LogP contribution in [0.5, 0.6) is 0 Å². The van der Waals surface area contributed by atoms with Gasteiger partial charge in [-0.15, -0.1) is 0 Å². The fourth-order valence-electron chi connectivity index (χ4n) is 2.67. The van der Waals surface area contributed by atoms with Crippen molar-refractivity contribution in [2.24, 2.45) is 0 Å². The van der Waals surface area contributed by atoms with Crippen LogP contribution in [0.25, 0.3) is 0 Å². The Bertz CT molecular complexity index is 515. The first kappa shape index (κ1) is 17.2. The predicted molar refractivity (Wildman–Crippen MR) is 87.4 cm³/mol. The molecule has 0 aromatic carbocycles. The minimum Gasteiger partial charge on any atom is -0.480 e. The van der Waals surface area contributed by atoms with Crippen molar-refractivity contribution in [2.75, 3.05) is 37.6 Å². The van der Waals surface area contributed by atoms with Crippen LogP contribution in [-0.4, -0.2) is 65.6 Å². The maximum absolute atomic E-state index is 12.0. The third kappa shape index (κ3) is 5.21. The van der Waals surface area contributed by atoms with Crippen LogP contribution >= 0.6 is 0 Å². The molecule has 7 heteroatoms. The molecule has 2 rings (SSSR count). The molecular weight excluding hydrogens is 296 g/mol. The molecule has 2 heterocycles. The van der Waals surface area contributed by atoms with Crippen LogP contribution in [0, 0.1) is 0 Å². The van der Waals surface area contributed by atoms with Crippen molar-refractivity contribution in [1.29, 1.82) is 0 Å². The van der Waals surface area contributed by atoms with E-state index in [9.17, 15) is 9.59 Å². The van der Waals surface area contributed by atoms with E-state index in [1.807, 2.05) is 30.0 Å². The van der Waals surface area contributed by atoms with Gasteiger partial charge in [-0.25, -0.2) is 9.78 Å². The molecule has 1 saturated heterocycles. The second kappa shape index (κ2) is 8.47. The number of aromatic nitrogens is 1. The molecule has 1 atom stereocenters. The number of nitrogens with zero attached hydrogens (tertiary/aromatic N) is 3. The Morgan fingerprint density at radius 2 is 2.04 bits per heavy atom. The SMILES string of the molecule is CCCC(NC(=O)CN1CCN(c2ccccn2)CC1)C(=O)O. The molecule has 0 saturated carbocycles. The first-order valence-electron chi connectivity index (χ1n) is 8.00. The van der Waals surface area contributed by atoms with E-state index in [4.69, 9.17) is 5.11 Å². The smallest absolute Gasteiger partial charge is 0.326 e. The van der Waals surface area contributed by atoms with Gasteiger partial charge in [0.15, 0.2) is 0 Å². The highest BCUT2D eigenvalue weighted by atomic mass is 16.4. The van der Waals surface area contributed by atoms with Crippen LogP contribution < -0.4 is 10.2 Å². The number of carbonyl (C=O) groups excluding carboxylic acids is 1. The van der Waals surface area contributed by atoms with Crippen LogP contribution in [0.4, 0.5) is 5.82 Å². The van der Waals surface area contributed by atoms with Crippen molar-refractivity contribution in [3.8, 4) is 0 Å². The quantitative estimate of drug-likeness (QED) is 0.764. The largest absolute Gasteiger partial charge is 0.480 e. The number of pyridine rings is 1. The molecule has 0 radical (unpaired) electrons. The summed E-state index contributed by atoms with van der Waals surface area (Å²) < 4.78 is 0. The Morgan fingerprint density at radius 3 is 2.61 bits per heavy atom. The number of carboxylic acid groups (broad SMARTS) is 1. The van der Waals surface area contributed by atoms with Gasteiger partial charge in [-0.3, -0.25) is 9.69 Å². The van der Waals surface area contributed by atoms with Crippen LogP contribution in [-0.2, 0) is 9.59 Å². The third-order valence-electron chi connectivity index (χ3n) is 3.92. The number of piperazine rings is 1. The van der Waals surface area contributed by atoms with Crippen molar-refractivity contribution in [2.45, 2.75) is 25.8 Å². The Morgan fingerprint density at radius 1 is 1.30 bits per heavy atom. The molecular formula is C16H24N4O3. The second-order valence-corrected chi connectivity index (χ2v) is 5.70. The summed E-state index contributed by atoms with van der Waals surface area (Å²) >= 11 is 0. The maximum atomic E-state index is 12.0. The van der Waals surface area contributed by atoms with Gasteiger partial charge in [0.1, 0.15) is 11.9 Å². The van der Waals surface area contributed by atoms with Gasteiger partial charge in [0.2, 0.25) is 5.91 Å². The van der Waals surface area contributed by atoms with Gasteiger partial charge in [-0.1, -0.05) is 19.4 Å². The first-order valence-corrected chi connectivity index (χ1v) is 8.00. The van der Waals surface area contributed by atoms with Gasteiger partial charge in [0.25, 0.3) is 0 Å². The first-order chi connectivity index (χ1) is 11.1. The zero-order chi connectivity index (χ0) is 16.7. The van der Waals surface area contributed by atoms with Crippen LogP contribution in [0.3, 0.4) is 0 Å². The molecule has 1 aromatic heterocycles. The topological polar surface area (TPSA) is 85.8 Å². The Labute approximate surface area is 136 Å². The molecule has 2 N–H and O–H groups in total. The lowest BCUT2D eigenvalue weighted by atomic mass is 10.1. The minimum absolute atomic E-state index is 0.225. The van der Waals surface area contributed by atoms with Gasteiger partial charge in [-0.05, 0) is 18.6 Å². The number of rotatable bonds is 7. The Hall–Kier alpha value is -2.15. The molecule has 126 valence electrons. The van der Waals surface area contributed by atoms with Crippen LogP contribution in [0.15, 0.2) is 24.4 Å². The average molecular weight is 320 g/mol. The summed E-state index contributed by atoms with van der Waals surface area (Å²) in [6.45, 7) is 5.27. The number of anilines is 1. The fraction of sp³-hybridized carbons (Fsp3) is 0.562. The molecule has 1 aromatic rings. The standard InChI is InChI=1S/C16H24N4O3/c1-2-5-13(16(22)23)18-15(21)12-19-8-10-20(11-9-19)14-6-3-4-7-17-14/h3-4,6-7,13H,2,5,8-12H2,1H3,(H,18,21)(H,22,23). The molecule has 0 bridgehead atoms. The summed E-state index contributed by atoms with van der Waals surface area (Å²) in [7, 11) is 0. The predicted octanol–water partition coefficient (Wildman–Crippen LogP) is 0.573. The molecule has 0 spiro atoms. The number of aliphatic carboxylic acids is 1. The van der Waals surface area contributed by atoms with E-state index in [-0.39, 0.29) is 12.5 Å². The Balaban J connectivity index is 1.77. The van der Waals surface area contributed by atoms with Gasteiger partial charge < -0.3 is 15.3 Å². The van der Waals surface area contributed by atoms with E-state index >= 15 is 0 Å². The number of carboxylic acids is 1. The molecule has 1 unspecified atom stereocenters. The highest BCUT2D eigenvalue weighted by Gasteiger charge is 2.23. The number of nitrogens with one attached hydrogen (secondary N) is 1. The summed E-state index contributed by atoms with van der Waals surface area (Å²) in [5.41, 5.74) is 0. The maximum Gasteiger partial charge on any atom is 0.326 e. The van der Waals surface area contributed by atoms with Crippen molar-refractivity contribution in [1.82, 2.24) is 15.2 Å². The molecule has 0 aliphatic carbocycles. The minimum atomic E-state index is -0.972. The van der Waals surface area contributed by atoms with E-state index in [0.29, 0.717) is 6.42 Å². The van der Waals surface area contributed by atoms with Gasteiger partial charge in [-0.2, -0.15) is 0 Å². The van der Waals surface area contributed by atoms with Crippen LogP contribution in [0.1, 0.15) is 19.8 Å². The zero-order valence-corrected chi connectivity index (χ0v) is 13.4. The lowest BCUT2D eigenvalue weighted by Crippen LogP contribution is -2.51. The van der Waals surface area contributed by atoms with Gasteiger partial charge in [0, 0.05) is 32.4 Å². The molecule has 1 aliphatic heterocycles. The summed E-state index contributed by atoms with van der Waals surface area (Å²) in [5, 5.41) is 11.7. The fourth-order valence-corrected chi connectivity index (χ4v) is 2.67. The lowest BCUT2D eigenvalue weighted by Gasteiger charge is -2.35. The number of hydrogen-bond donors (Lipinski definition) is 2. The third-order valence-corrected chi connectivity index (χ3v) is 3.92. The number of amides is 1. The second-order valence-electron chi connectivity index (χ2n) is 5.70. The molecule has 1 amide bonds. The Kier molecular flexibility index (Phi) is 6.34. The highest BCUT2D eigenvalue weighted by Crippen LogP contribution is 2.12. The normalized spacial score (nSPS) is 16.8. The molecule has 1 fully saturated rings. The van der Waals surface area contributed by atoms with E-state index in [1.165, 1.54) is 0 Å². The van der Waals surface area contributed by atoms with E-state index in [0.717, 1.165) is 38.4 Å². The lowest BCUT2D eigenvalue weighted by molar-refractivity contribution is -0.142. The van der Waals surface area contributed by atoms with E-state index < -0.39 is 12.0 Å². The van der Waals surface area contributed by atoms with Crippen molar-refractivity contribution >= 4 is 17.7 Å².